The quantitative estimate of drug-likeness (QED) is 0.784. The summed E-state index contributed by atoms with van der Waals surface area (Å²) < 4.78 is 6.70. The second-order valence-electron chi connectivity index (χ2n) is 4.75. The Labute approximate surface area is 106 Å². The molecule has 0 N–H and O–H groups in total. The van der Waals surface area contributed by atoms with Crippen LogP contribution in [0.15, 0.2) is 23.1 Å². The maximum Gasteiger partial charge on any atom is 0.263 e. The molecule has 0 unspecified atom stereocenters. The minimum Gasteiger partial charge on any atom is -0.381 e. The summed E-state index contributed by atoms with van der Waals surface area (Å²) in [6.07, 6.45) is 2.62. The monoisotopic (exact) mass is 250 g/mol. The summed E-state index contributed by atoms with van der Waals surface area (Å²) in [5.41, 5.74) is -0.0292. The molecule has 2 heterocycles. The molecule has 1 fully saturated rings. The summed E-state index contributed by atoms with van der Waals surface area (Å²) in [6, 6.07) is 3.29. The number of carbonyl (C=O) groups excluding carboxylic acids is 1. The van der Waals surface area contributed by atoms with Gasteiger partial charge < -0.3 is 14.2 Å². The number of rotatable bonds is 3. The van der Waals surface area contributed by atoms with Gasteiger partial charge in [-0.15, -0.1) is 0 Å². The van der Waals surface area contributed by atoms with Crippen LogP contribution in [0.2, 0.25) is 0 Å². The molecule has 1 aliphatic heterocycles. The predicted molar refractivity (Wildman–Crippen MR) is 67.6 cm³/mol. The maximum absolute atomic E-state index is 12.2. The van der Waals surface area contributed by atoms with Crippen LogP contribution >= 0.6 is 0 Å². The minimum absolute atomic E-state index is 0.219. The van der Waals surface area contributed by atoms with E-state index >= 15 is 0 Å². The molecule has 0 aliphatic carbocycles. The van der Waals surface area contributed by atoms with Gasteiger partial charge in [0.2, 0.25) is 0 Å². The Morgan fingerprint density at radius 3 is 3.06 bits per heavy atom. The molecule has 18 heavy (non-hydrogen) atoms. The van der Waals surface area contributed by atoms with Crippen molar-refractivity contribution < 1.29 is 9.53 Å². The van der Waals surface area contributed by atoms with E-state index in [1.807, 2.05) is 0 Å². The third-order valence-electron chi connectivity index (χ3n) is 3.26. The molecule has 0 saturated carbocycles. The lowest BCUT2D eigenvalue weighted by Crippen LogP contribution is -2.36. The Hall–Kier alpha value is -1.62. The van der Waals surface area contributed by atoms with Crippen LogP contribution in [0.25, 0.3) is 0 Å². The van der Waals surface area contributed by atoms with E-state index in [1.54, 1.807) is 37.3 Å². The third kappa shape index (κ3) is 2.61. The van der Waals surface area contributed by atoms with Crippen molar-refractivity contribution in [2.75, 3.05) is 26.8 Å². The molecular weight excluding hydrogens is 232 g/mol. The first-order chi connectivity index (χ1) is 8.59. The second-order valence-corrected chi connectivity index (χ2v) is 4.75. The number of ether oxygens (including phenoxy) is 1. The first kappa shape index (κ1) is 12.8. The van der Waals surface area contributed by atoms with Crippen molar-refractivity contribution in [3.63, 3.8) is 0 Å². The Kier molecular flexibility index (Phi) is 3.81. The second kappa shape index (κ2) is 5.35. The molecule has 0 aromatic carbocycles. The number of aryl methyl sites for hydroxylation is 1. The Bertz CT molecular complexity index is 489. The van der Waals surface area contributed by atoms with Gasteiger partial charge in [0.25, 0.3) is 11.5 Å². The topological polar surface area (TPSA) is 51.5 Å². The van der Waals surface area contributed by atoms with Crippen LogP contribution < -0.4 is 5.56 Å². The molecule has 0 radical (unpaired) electrons. The summed E-state index contributed by atoms with van der Waals surface area (Å²) in [5, 5.41) is 0. The van der Waals surface area contributed by atoms with E-state index in [2.05, 4.69) is 0 Å². The van der Waals surface area contributed by atoms with Crippen LogP contribution in [0.5, 0.6) is 0 Å². The molecule has 5 heteroatoms. The van der Waals surface area contributed by atoms with Gasteiger partial charge >= 0.3 is 0 Å². The normalized spacial score (nSPS) is 18.9. The molecular formula is C13H18N2O3. The Balaban J connectivity index is 2.10. The predicted octanol–water partition coefficient (Wildman–Crippen LogP) is 0.494. The number of nitrogens with zero attached hydrogens (tertiary/aromatic N) is 2. The van der Waals surface area contributed by atoms with Crippen molar-refractivity contribution >= 4 is 5.91 Å². The zero-order valence-corrected chi connectivity index (χ0v) is 10.8. The molecule has 1 atom stereocenters. The largest absolute Gasteiger partial charge is 0.381 e. The number of aromatic nitrogens is 1. The fourth-order valence-corrected chi connectivity index (χ4v) is 2.16. The van der Waals surface area contributed by atoms with Gasteiger partial charge in [0.15, 0.2) is 0 Å². The van der Waals surface area contributed by atoms with Crippen LogP contribution in [0.1, 0.15) is 16.8 Å². The SMILES string of the molecule is CN(C[C@@H]1CCOC1)C(=O)c1cccn(C)c1=O. The number of carbonyl (C=O) groups is 1. The van der Waals surface area contributed by atoms with Crippen LogP contribution in [-0.4, -0.2) is 42.2 Å². The Morgan fingerprint density at radius 1 is 1.61 bits per heavy atom. The lowest BCUT2D eigenvalue weighted by molar-refractivity contribution is 0.0763. The molecule has 5 nitrogen and oxygen atoms in total. The smallest absolute Gasteiger partial charge is 0.263 e. The van der Waals surface area contributed by atoms with Gasteiger partial charge in [-0.1, -0.05) is 0 Å². The third-order valence-corrected chi connectivity index (χ3v) is 3.26. The molecule has 0 bridgehead atoms. The van der Waals surface area contributed by atoms with E-state index in [0.29, 0.717) is 19.1 Å². The fraction of sp³-hybridized carbons (Fsp3) is 0.538. The van der Waals surface area contributed by atoms with Gasteiger partial charge in [-0.25, -0.2) is 0 Å². The van der Waals surface area contributed by atoms with Crippen molar-refractivity contribution in [2.24, 2.45) is 13.0 Å². The van der Waals surface area contributed by atoms with Crippen LogP contribution in [0.3, 0.4) is 0 Å². The summed E-state index contributed by atoms with van der Waals surface area (Å²) in [7, 11) is 3.37. The zero-order valence-electron chi connectivity index (χ0n) is 10.8. The molecule has 1 amide bonds. The van der Waals surface area contributed by atoms with Crippen LogP contribution in [0.4, 0.5) is 0 Å². The highest BCUT2D eigenvalue weighted by Gasteiger charge is 2.22. The molecule has 1 aliphatic rings. The van der Waals surface area contributed by atoms with Gasteiger partial charge in [0.1, 0.15) is 5.56 Å². The van der Waals surface area contributed by atoms with Crippen molar-refractivity contribution in [1.29, 1.82) is 0 Å². The molecule has 1 aromatic rings. The maximum atomic E-state index is 12.2. The summed E-state index contributed by atoms with van der Waals surface area (Å²) >= 11 is 0. The van der Waals surface area contributed by atoms with E-state index < -0.39 is 0 Å². The molecule has 1 aromatic heterocycles. The summed E-state index contributed by atoms with van der Waals surface area (Å²) in [5.74, 6) is 0.162. The zero-order chi connectivity index (χ0) is 13.1. The van der Waals surface area contributed by atoms with Gasteiger partial charge in [0, 0.05) is 39.4 Å². The first-order valence-corrected chi connectivity index (χ1v) is 6.08. The number of pyridine rings is 1. The van der Waals surface area contributed by atoms with E-state index in [0.717, 1.165) is 13.0 Å². The summed E-state index contributed by atoms with van der Waals surface area (Å²) in [6.45, 7) is 2.10. The van der Waals surface area contributed by atoms with E-state index in [-0.39, 0.29) is 17.0 Å². The van der Waals surface area contributed by atoms with Gasteiger partial charge in [0.05, 0.1) is 6.61 Å². The number of hydrogen-bond donors (Lipinski definition) is 0. The van der Waals surface area contributed by atoms with Crippen molar-refractivity contribution in [1.82, 2.24) is 9.47 Å². The average Bonchev–Trinajstić information content (AvgIpc) is 2.84. The molecule has 98 valence electrons. The van der Waals surface area contributed by atoms with Crippen molar-refractivity contribution in [3.05, 3.63) is 34.2 Å². The van der Waals surface area contributed by atoms with Gasteiger partial charge in [-0.05, 0) is 18.6 Å². The highest BCUT2D eigenvalue weighted by molar-refractivity contribution is 5.93. The van der Waals surface area contributed by atoms with Crippen molar-refractivity contribution in [3.8, 4) is 0 Å². The number of amides is 1. The lowest BCUT2D eigenvalue weighted by atomic mass is 10.1. The van der Waals surface area contributed by atoms with Gasteiger partial charge in [-0.2, -0.15) is 0 Å². The van der Waals surface area contributed by atoms with Crippen molar-refractivity contribution in [2.45, 2.75) is 6.42 Å². The van der Waals surface area contributed by atoms with E-state index in [4.69, 9.17) is 4.74 Å². The molecule has 2 rings (SSSR count). The van der Waals surface area contributed by atoms with Crippen LogP contribution in [0, 0.1) is 5.92 Å². The lowest BCUT2D eigenvalue weighted by Gasteiger charge is -2.20. The highest BCUT2D eigenvalue weighted by Crippen LogP contribution is 2.14. The molecule has 0 spiro atoms. The van der Waals surface area contributed by atoms with E-state index in [9.17, 15) is 9.59 Å². The van der Waals surface area contributed by atoms with E-state index in [1.165, 1.54) is 4.57 Å². The summed E-state index contributed by atoms with van der Waals surface area (Å²) in [4.78, 5) is 25.6. The first-order valence-electron chi connectivity index (χ1n) is 6.08. The number of hydrogen-bond acceptors (Lipinski definition) is 3. The van der Waals surface area contributed by atoms with Gasteiger partial charge in [-0.3, -0.25) is 9.59 Å². The minimum atomic E-state index is -0.253. The molecule has 1 saturated heterocycles. The van der Waals surface area contributed by atoms with Crippen LogP contribution in [-0.2, 0) is 11.8 Å². The average molecular weight is 250 g/mol. The Morgan fingerprint density at radius 2 is 2.39 bits per heavy atom. The standard InChI is InChI=1S/C13H18N2O3/c1-14-6-3-4-11(12(14)16)13(17)15(2)8-10-5-7-18-9-10/h3-4,6,10H,5,7-9H2,1-2H3/t10-/m0/s1. The highest BCUT2D eigenvalue weighted by atomic mass is 16.5. The fourth-order valence-electron chi connectivity index (χ4n) is 2.16.